The van der Waals surface area contributed by atoms with Gasteiger partial charge in [-0.2, -0.15) is 0 Å². The van der Waals surface area contributed by atoms with E-state index in [0.29, 0.717) is 12.4 Å². The zero-order valence-electron chi connectivity index (χ0n) is 14.3. The summed E-state index contributed by atoms with van der Waals surface area (Å²) in [6.07, 6.45) is 0. The summed E-state index contributed by atoms with van der Waals surface area (Å²) < 4.78 is 5.19. The van der Waals surface area contributed by atoms with Crippen molar-refractivity contribution in [2.75, 3.05) is 18.4 Å². The Hall–Kier alpha value is -2.14. The number of aromatic nitrogens is 1. The molecule has 0 bridgehead atoms. The number of amides is 1. The molecule has 0 atom stereocenters. The molecule has 2 aromatic rings. The third kappa shape index (κ3) is 5.21. The summed E-state index contributed by atoms with van der Waals surface area (Å²) in [6, 6.07) is 11.9. The van der Waals surface area contributed by atoms with Crippen molar-refractivity contribution >= 4 is 11.8 Å². The van der Waals surface area contributed by atoms with E-state index in [1.807, 2.05) is 25.1 Å². The number of likely N-dealkylation sites (N-methyl/N-ethyl adjacent to an activating group) is 1. The van der Waals surface area contributed by atoms with Gasteiger partial charge < -0.3 is 4.52 Å². The first-order valence-corrected chi connectivity index (χ1v) is 7.92. The van der Waals surface area contributed by atoms with Gasteiger partial charge in [-0.3, -0.25) is 15.0 Å². The van der Waals surface area contributed by atoms with Gasteiger partial charge >= 0.3 is 0 Å². The van der Waals surface area contributed by atoms with Crippen molar-refractivity contribution in [3.05, 3.63) is 47.7 Å². The Morgan fingerprint density at radius 1 is 1.26 bits per heavy atom. The Labute approximate surface area is 137 Å². The molecule has 2 rings (SSSR count). The summed E-state index contributed by atoms with van der Waals surface area (Å²) in [5.74, 6) is 0.301. The molecule has 5 nitrogen and oxygen atoms in total. The summed E-state index contributed by atoms with van der Waals surface area (Å²) in [6.45, 7) is 10.1. The van der Waals surface area contributed by atoms with Crippen LogP contribution < -0.4 is 5.32 Å². The first-order valence-electron chi connectivity index (χ1n) is 7.92. The molecule has 1 amide bonds. The van der Waals surface area contributed by atoms with Crippen molar-refractivity contribution in [3.63, 3.8) is 0 Å². The highest BCUT2D eigenvalue weighted by Gasteiger charge is 2.20. The predicted octanol–water partition coefficient (Wildman–Crippen LogP) is 3.43. The maximum Gasteiger partial charge on any atom is 0.240 e. The lowest BCUT2D eigenvalue weighted by atomic mass is 9.92. The van der Waals surface area contributed by atoms with Gasteiger partial charge in [-0.05, 0) is 12.1 Å². The van der Waals surface area contributed by atoms with Gasteiger partial charge in [0.25, 0.3) is 0 Å². The lowest BCUT2D eigenvalue weighted by molar-refractivity contribution is -0.117. The molecule has 23 heavy (non-hydrogen) atoms. The smallest absolute Gasteiger partial charge is 0.240 e. The maximum absolute atomic E-state index is 12.2. The number of carbonyl (C=O) groups is 1. The fourth-order valence-corrected chi connectivity index (χ4v) is 2.19. The second-order valence-corrected chi connectivity index (χ2v) is 6.66. The van der Waals surface area contributed by atoms with E-state index in [0.717, 1.165) is 18.8 Å². The van der Waals surface area contributed by atoms with Crippen molar-refractivity contribution in [2.24, 2.45) is 0 Å². The molecular formula is C18H25N3O2. The maximum atomic E-state index is 12.2. The number of hydrogen-bond donors (Lipinski definition) is 1. The van der Waals surface area contributed by atoms with E-state index < -0.39 is 0 Å². The molecule has 0 aliphatic carbocycles. The van der Waals surface area contributed by atoms with Crippen molar-refractivity contribution in [3.8, 4) is 0 Å². The highest BCUT2D eigenvalue weighted by Crippen LogP contribution is 2.23. The zero-order chi connectivity index (χ0) is 16.9. The summed E-state index contributed by atoms with van der Waals surface area (Å²) in [5.41, 5.74) is 1.91. The van der Waals surface area contributed by atoms with Gasteiger partial charge in [0.15, 0.2) is 0 Å². The topological polar surface area (TPSA) is 58.4 Å². The van der Waals surface area contributed by atoms with Crippen molar-refractivity contribution in [2.45, 2.75) is 39.7 Å². The molecule has 0 radical (unpaired) electrons. The molecule has 0 saturated heterocycles. The molecule has 1 aromatic carbocycles. The minimum absolute atomic E-state index is 0.0978. The van der Waals surface area contributed by atoms with Crippen LogP contribution in [0, 0.1) is 0 Å². The fourth-order valence-electron chi connectivity index (χ4n) is 2.19. The molecule has 124 valence electrons. The molecule has 1 N–H and O–H groups in total. The molecule has 0 spiro atoms. The molecule has 1 aromatic heterocycles. The van der Waals surface area contributed by atoms with E-state index >= 15 is 0 Å². The molecule has 0 aliphatic heterocycles. The second kappa shape index (κ2) is 7.42. The Morgan fingerprint density at radius 3 is 2.52 bits per heavy atom. The number of nitrogens with one attached hydrogen (secondary N) is 1. The third-order valence-corrected chi connectivity index (χ3v) is 3.60. The SMILES string of the molecule is CCN(CC(=O)Nc1cc(C(C)(C)C)no1)Cc1ccccc1. The summed E-state index contributed by atoms with van der Waals surface area (Å²) in [5, 5.41) is 6.78. The Morgan fingerprint density at radius 2 is 1.96 bits per heavy atom. The molecule has 0 fully saturated rings. The van der Waals surface area contributed by atoms with E-state index in [4.69, 9.17) is 4.52 Å². The largest absolute Gasteiger partial charge is 0.338 e. The van der Waals surface area contributed by atoms with Gasteiger partial charge in [0.2, 0.25) is 11.8 Å². The molecule has 1 heterocycles. The van der Waals surface area contributed by atoms with Gasteiger partial charge in [-0.1, -0.05) is 63.2 Å². The van der Waals surface area contributed by atoms with Gasteiger partial charge in [-0.15, -0.1) is 0 Å². The minimum Gasteiger partial charge on any atom is -0.338 e. The summed E-state index contributed by atoms with van der Waals surface area (Å²) in [7, 11) is 0. The van der Waals surface area contributed by atoms with E-state index in [2.05, 4.69) is 48.3 Å². The van der Waals surface area contributed by atoms with E-state index in [-0.39, 0.29) is 11.3 Å². The van der Waals surface area contributed by atoms with Gasteiger partial charge in [0.1, 0.15) is 0 Å². The van der Waals surface area contributed by atoms with Crippen LogP contribution in [0.2, 0.25) is 0 Å². The first kappa shape index (κ1) is 17.2. The van der Waals surface area contributed by atoms with Crippen LogP contribution in [0.15, 0.2) is 40.9 Å². The highest BCUT2D eigenvalue weighted by atomic mass is 16.5. The monoisotopic (exact) mass is 315 g/mol. The normalized spacial score (nSPS) is 11.7. The van der Waals surface area contributed by atoms with E-state index in [9.17, 15) is 4.79 Å². The molecule has 5 heteroatoms. The van der Waals surface area contributed by atoms with Crippen LogP contribution in [0.5, 0.6) is 0 Å². The molecule has 0 saturated carbocycles. The van der Waals surface area contributed by atoms with Crippen LogP contribution in [0.25, 0.3) is 0 Å². The molecular weight excluding hydrogens is 290 g/mol. The Balaban J connectivity index is 1.91. The molecule has 0 unspecified atom stereocenters. The number of hydrogen-bond acceptors (Lipinski definition) is 4. The predicted molar refractivity (Wildman–Crippen MR) is 91.2 cm³/mol. The van der Waals surface area contributed by atoms with Crippen LogP contribution in [-0.2, 0) is 16.8 Å². The van der Waals surface area contributed by atoms with Gasteiger partial charge in [-0.25, -0.2) is 0 Å². The van der Waals surface area contributed by atoms with Crippen LogP contribution in [0.4, 0.5) is 5.88 Å². The van der Waals surface area contributed by atoms with Crippen LogP contribution in [-0.4, -0.2) is 29.1 Å². The van der Waals surface area contributed by atoms with Crippen molar-refractivity contribution in [1.29, 1.82) is 0 Å². The fraction of sp³-hybridized carbons (Fsp3) is 0.444. The van der Waals surface area contributed by atoms with Crippen molar-refractivity contribution < 1.29 is 9.32 Å². The Bertz CT molecular complexity index is 629. The summed E-state index contributed by atoms with van der Waals surface area (Å²) >= 11 is 0. The van der Waals surface area contributed by atoms with Crippen LogP contribution in [0.3, 0.4) is 0 Å². The average Bonchev–Trinajstić information content (AvgIpc) is 2.96. The highest BCUT2D eigenvalue weighted by molar-refractivity contribution is 5.91. The van der Waals surface area contributed by atoms with Gasteiger partial charge in [0, 0.05) is 18.0 Å². The first-order chi connectivity index (χ1) is 10.9. The van der Waals surface area contributed by atoms with E-state index in [1.165, 1.54) is 5.56 Å². The number of nitrogens with zero attached hydrogens (tertiary/aromatic N) is 2. The third-order valence-electron chi connectivity index (χ3n) is 3.60. The lowest BCUT2D eigenvalue weighted by Crippen LogP contribution is -2.32. The lowest BCUT2D eigenvalue weighted by Gasteiger charge is -2.19. The summed E-state index contributed by atoms with van der Waals surface area (Å²) in [4.78, 5) is 14.3. The Kier molecular flexibility index (Phi) is 5.55. The van der Waals surface area contributed by atoms with Crippen LogP contribution in [0.1, 0.15) is 39.0 Å². The average molecular weight is 315 g/mol. The number of anilines is 1. The van der Waals surface area contributed by atoms with Crippen LogP contribution >= 0.6 is 0 Å². The number of carbonyl (C=O) groups excluding carboxylic acids is 1. The quantitative estimate of drug-likeness (QED) is 0.887. The zero-order valence-corrected chi connectivity index (χ0v) is 14.3. The van der Waals surface area contributed by atoms with E-state index in [1.54, 1.807) is 6.07 Å². The van der Waals surface area contributed by atoms with Crippen molar-refractivity contribution in [1.82, 2.24) is 10.1 Å². The standard InChI is InChI=1S/C18H25N3O2/c1-5-21(12-14-9-7-6-8-10-14)13-16(22)19-17-11-15(20-23-17)18(2,3)4/h6-11H,5,12-13H2,1-4H3,(H,19,22). The number of rotatable bonds is 6. The second-order valence-electron chi connectivity index (χ2n) is 6.66. The number of benzene rings is 1. The minimum atomic E-state index is -0.102. The van der Waals surface area contributed by atoms with Gasteiger partial charge in [0.05, 0.1) is 12.2 Å². The molecule has 0 aliphatic rings.